The first-order valence-corrected chi connectivity index (χ1v) is 12.3. The van der Waals surface area contributed by atoms with Gasteiger partial charge in [-0.2, -0.15) is 8.42 Å². The van der Waals surface area contributed by atoms with Gasteiger partial charge in [-0.1, -0.05) is 6.07 Å². The number of amides is 1. The zero-order chi connectivity index (χ0) is 24.5. The highest BCUT2D eigenvalue weighted by atomic mass is 32.2. The molecular formula is C23H32N6O4S. The van der Waals surface area contributed by atoms with Crippen LogP contribution < -0.4 is 20.1 Å². The van der Waals surface area contributed by atoms with E-state index < -0.39 is 15.9 Å². The number of hydrogen-bond acceptors (Lipinski definition) is 9. The van der Waals surface area contributed by atoms with Gasteiger partial charge in [-0.05, 0) is 57.0 Å². The Labute approximate surface area is 202 Å². The number of anilines is 2. The molecule has 34 heavy (non-hydrogen) atoms. The average molecular weight is 489 g/mol. The summed E-state index contributed by atoms with van der Waals surface area (Å²) >= 11 is 0. The first-order valence-electron chi connectivity index (χ1n) is 10.8. The van der Waals surface area contributed by atoms with Crippen molar-refractivity contribution >= 4 is 27.6 Å². The van der Waals surface area contributed by atoms with Crippen LogP contribution in [0.2, 0.25) is 0 Å². The minimum absolute atomic E-state index is 0. The van der Waals surface area contributed by atoms with E-state index in [2.05, 4.69) is 33.4 Å². The number of ether oxygens (including phenoxy) is 1. The quantitative estimate of drug-likeness (QED) is 0.534. The third-order valence-corrected chi connectivity index (χ3v) is 7.04. The molecule has 184 valence electrons. The highest BCUT2D eigenvalue weighted by molar-refractivity contribution is 7.90. The number of nitrogens with one attached hydrogen (secondary N) is 1. The van der Waals surface area contributed by atoms with Crippen LogP contribution in [0.15, 0.2) is 53.7 Å². The van der Waals surface area contributed by atoms with Crippen LogP contribution in [-0.2, 0) is 10.0 Å². The molecule has 3 aromatic heterocycles. The van der Waals surface area contributed by atoms with Crippen LogP contribution in [0.5, 0.6) is 5.88 Å². The number of carbonyl (C=O) groups is 1. The average Bonchev–Trinajstić information content (AvgIpc) is 3.16. The van der Waals surface area contributed by atoms with Gasteiger partial charge in [-0.25, -0.2) is 19.7 Å². The Morgan fingerprint density at radius 2 is 1.85 bits per heavy atom. The maximum atomic E-state index is 13.2. The summed E-state index contributed by atoms with van der Waals surface area (Å²) in [6.45, 7) is 4.11. The molecule has 0 saturated carbocycles. The standard InChI is InChI=1S/C23H26N6O4S.3H2/c1-14-7-8-15(2)29(14)22-17(10-11-18(26-22)16-9-12-20(33-3)25-13-16)23(30)28-34(31,32)21-6-4-5-19(24)27-21;;;/h4-6,9-15H,7-8H2,1-3H3,(H2,24,27)(H,28,30);3*1H/t14-,15+;;;. The highest BCUT2D eigenvalue weighted by Crippen LogP contribution is 2.33. The number of hydrogen-bond donors (Lipinski definition) is 2. The number of pyridine rings is 3. The van der Waals surface area contributed by atoms with E-state index in [0.717, 1.165) is 18.4 Å². The largest absolute Gasteiger partial charge is 0.481 e. The molecule has 1 saturated heterocycles. The molecule has 1 aliphatic heterocycles. The molecule has 0 radical (unpaired) electrons. The van der Waals surface area contributed by atoms with Crippen molar-refractivity contribution in [3.63, 3.8) is 0 Å². The summed E-state index contributed by atoms with van der Waals surface area (Å²) in [6.07, 6.45) is 3.50. The van der Waals surface area contributed by atoms with Gasteiger partial charge in [0.2, 0.25) is 5.88 Å². The van der Waals surface area contributed by atoms with E-state index in [9.17, 15) is 13.2 Å². The van der Waals surface area contributed by atoms with Gasteiger partial charge in [-0.3, -0.25) is 4.79 Å². The van der Waals surface area contributed by atoms with Crippen LogP contribution >= 0.6 is 0 Å². The highest BCUT2D eigenvalue weighted by Gasteiger charge is 2.33. The number of nitrogens with zero attached hydrogens (tertiary/aromatic N) is 4. The van der Waals surface area contributed by atoms with Crippen molar-refractivity contribution in [3.8, 4) is 17.1 Å². The fraction of sp³-hybridized carbons (Fsp3) is 0.304. The van der Waals surface area contributed by atoms with Crippen LogP contribution in [0, 0.1) is 0 Å². The van der Waals surface area contributed by atoms with Gasteiger partial charge in [0.1, 0.15) is 11.6 Å². The second-order valence-corrected chi connectivity index (χ2v) is 9.80. The molecule has 4 rings (SSSR count). The van der Waals surface area contributed by atoms with Crippen molar-refractivity contribution < 1.29 is 22.2 Å². The summed E-state index contributed by atoms with van der Waals surface area (Å²) in [4.78, 5) is 28.1. The summed E-state index contributed by atoms with van der Waals surface area (Å²) in [7, 11) is -2.69. The lowest BCUT2D eigenvalue weighted by Gasteiger charge is -2.29. The maximum Gasteiger partial charge on any atom is 0.281 e. The van der Waals surface area contributed by atoms with Crippen molar-refractivity contribution in [2.75, 3.05) is 17.7 Å². The molecule has 0 spiro atoms. The van der Waals surface area contributed by atoms with Gasteiger partial charge < -0.3 is 15.4 Å². The molecule has 0 aliphatic carbocycles. The van der Waals surface area contributed by atoms with Crippen molar-refractivity contribution in [2.45, 2.75) is 43.8 Å². The zero-order valence-corrected chi connectivity index (χ0v) is 19.9. The first kappa shape index (κ1) is 23.4. The normalized spacial score (nSPS) is 18.0. The molecule has 1 fully saturated rings. The van der Waals surface area contributed by atoms with Gasteiger partial charge in [0.15, 0.2) is 5.03 Å². The van der Waals surface area contributed by atoms with E-state index in [1.165, 1.54) is 25.3 Å². The lowest BCUT2D eigenvalue weighted by molar-refractivity contribution is 0.0981. The number of rotatable bonds is 6. The number of aromatic nitrogens is 3. The summed E-state index contributed by atoms with van der Waals surface area (Å²) in [5, 5.41) is -0.334. The summed E-state index contributed by atoms with van der Waals surface area (Å²) in [5.74, 6) is 0.133. The lowest BCUT2D eigenvalue weighted by Crippen LogP contribution is -2.37. The second kappa shape index (κ2) is 9.26. The summed E-state index contributed by atoms with van der Waals surface area (Å²) in [5.41, 5.74) is 7.10. The van der Waals surface area contributed by atoms with Gasteiger partial charge in [0.25, 0.3) is 15.9 Å². The van der Waals surface area contributed by atoms with Gasteiger partial charge >= 0.3 is 0 Å². The Hall–Kier alpha value is -3.73. The number of nitrogen functional groups attached to an aromatic ring is 1. The zero-order valence-electron chi connectivity index (χ0n) is 19.1. The molecule has 11 heteroatoms. The number of nitrogens with two attached hydrogens (primary N) is 1. The number of methoxy groups -OCH3 is 1. The van der Waals surface area contributed by atoms with E-state index in [4.69, 9.17) is 15.5 Å². The lowest BCUT2D eigenvalue weighted by atomic mass is 10.1. The molecule has 3 N–H and O–H groups in total. The fourth-order valence-electron chi connectivity index (χ4n) is 4.06. The Morgan fingerprint density at radius 3 is 2.47 bits per heavy atom. The second-order valence-electron chi connectivity index (χ2n) is 8.17. The SMILES string of the molecule is COc1ccc(-c2ccc(C(=O)NS(=O)(=O)c3cccc(N)n3)c(N3[C@H](C)CC[C@@H]3C)n2)cn1.[HH].[HH].[HH]. The Morgan fingerprint density at radius 1 is 1.12 bits per heavy atom. The molecular weight excluding hydrogens is 456 g/mol. The van der Waals surface area contributed by atoms with Crippen LogP contribution in [0.3, 0.4) is 0 Å². The fourth-order valence-corrected chi connectivity index (χ4v) is 5.00. The maximum absolute atomic E-state index is 13.2. The van der Waals surface area contributed by atoms with Gasteiger partial charge in [0.05, 0.1) is 18.4 Å². The van der Waals surface area contributed by atoms with Gasteiger partial charge in [0, 0.05) is 34.2 Å². The van der Waals surface area contributed by atoms with Crippen LogP contribution in [0.4, 0.5) is 11.6 Å². The first-order chi connectivity index (χ1) is 16.2. The molecule has 0 aromatic carbocycles. The molecule has 1 aliphatic rings. The third-order valence-electron chi connectivity index (χ3n) is 5.80. The van der Waals surface area contributed by atoms with Crippen molar-refractivity contribution in [1.82, 2.24) is 19.7 Å². The van der Waals surface area contributed by atoms with Crippen LogP contribution in [-0.4, -0.2) is 48.5 Å². The van der Waals surface area contributed by atoms with E-state index in [1.54, 1.807) is 24.4 Å². The molecule has 2 atom stereocenters. The molecule has 0 bridgehead atoms. The Bertz CT molecular complexity index is 1320. The van der Waals surface area contributed by atoms with Crippen LogP contribution in [0.25, 0.3) is 11.3 Å². The molecule has 0 unspecified atom stereocenters. The molecule has 10 nitrogen and oxygen atoms in total. The van der Waals surface area contributed by atoms with Crippen LogP contribution in [0.1, 0.15) is 41.3 Å². The topological polar surface area (TPSA) is 140 Å². The minimum atomic E-state index is -4.23. The Balaban J connectivity index is 0.00000228. The van der Waals surface area contributed by atoms with Crippen molar-refractivity contribution in [2.24, 2.45) is 0 Å². The van der Waals surface area contributed by atoms with Crippen molar-refractivity contribution in [1.29, 1.82) is 0 Å². The monoisotopic (exact) mass is 488 g/mol. The van der Waals surface area contributed by atoms with Crippen molar-refractivity contribution in [3.05, 3.63) is 54.2 Å². The molecule has 1 amide bonds. The molecule has 3 aromatic rings. The van der Waals surface area contributed by atoms with E-state index in [0.29, 0.717) is 17.4 Å². The molecule has 4 heterocycles. The number of carbonyl (C=O) groups excluding carboxylic acids is 1. The Kier molecular flexibility index (Phi) is 6.38. The summed E-state index contributed by atoms with van der Waals surface area (Å²) in [6, 6.07) is 11.3. The smallest absolute Gasteiger partial charge is 0.281 e. The van der Waals surface area contributed by atoms with Gasteiger partial charge in [-0.15, -0.1) is 0 Å². The third kappa shape index (κ3) is 4.65. The van der Waals surface area contributed by atoms with E-state index in [1.807, 2.05) is 6.07 Å². The predicted molar refractivity (Wildman–Crippen MR) is 134 cm³/mol. The summed E-state index contributed by atoms with van der Waals surface area (Å²) < 4.78 is 32.8. The van der Waals surface area contributed by atoms with E-state index >= 15 is 0 Å². The predicted octanol–water partition coefficient (Wildman–Crippen LogP) is 3.36. The number of sulfonamides is 1. The van der Waals surface area contributed by atoms with E-state index in [-0.39, 0.29) is 32.8 Å². The minimum Gasteiger partial charge on any atom is -0.481 e.